The number of carboxylic acid groups (broad SMARTS) is 2. The largest absolute Gasteiger partial charge is 0.550 e. The van der Waals surface area contributed by atoms with Crippen molar-refractivity contribution in [1.29, 1.82) is 0 Å². The summed E-state index contributed by atoms with van der Waals surface area (Å²) in [5.41, 5.74) is 0.728. The van der Waals surface area contributed by atoms with E-state index < -0.39 is 30.3 Å². The van der Waals surface area contributed by atoms with Gasteiger partial charge in [0, 0.05) is 24.5 Å². The van der Waals surface area contributed by atoms with Gasteiger partial charge in [0.15, 0.2) is 12.4 Å². The molecule has 0 saturated carbocycles. The molecule has 9 heteroatoms. The van der Waals surface area contributed by atoms with E-state index in [4.69, 9.17) is 17.3 Å². The third-order valence-electron chi connectivity index (χ3n) is 2.82. The predicted octanol–water partition coefficient (Wildman–Crippen LogP) is -0.705. The van der Waals surface area contributed by atoms with Crippen molar-refractivity contribution < 1.29 is 29.6 Å². The minimum atomic E-state index is -1.58. The molecule has 1 fully saturated rings. The SMILES string of the molecule is O=C([O-])CC(C(=O)O)N1C(=O)/C(=C/c2cc[nH+]cc2)SC1=S. The van der Waals surface area contributed by atoms with Crippen molar-refractivity contribution in [2.45, 2.75) is 12.5 Å². The zero-order valence-electron chi connectivity index (χ0n) is 11.0. The van der Waals surface area contributed by atoms with Gasteiger partial charge in [-0.25, -0.2) is 9.78 Å². The van der Waals surface area contributed by atoms with E-state index in [9.17, 15) is 19.5 Å². The topological polar surface area (TPSA) is 112 Å². The van der Waals surface area contributed by atoms with E-state index >= 15 is 0 Å². The predicted molar refractivity (Wildman–Crippen MR) is 79.1 cm³/mol. The van der Waals surface area contributed by atoms with Crippen LogP contribution in [-0.2, 0) is 14.4 Å². The van der Waals surface area contributed by atoms with Crippen molar-refractivity contribution in [2.24, 2.45) is 0 Å². The maximum Gasteiger partial charge on any atom is 0.327 e. The van der Waals surface area contributed by atoms with Gasteiger partial charge in [-0.1, -0.05) is 24.0 Å². The Bertz CT molecular complexity index is 674. The van der Waals surface area contributed by atoms with Crippen LogP contribution in [0.2, 0.25) is 0 Å². The van der Waals surface area contributed by atoms with Crippen LogP contribution in [0.4, 0.5) is 0 Å². The van der Waals surface area contributed by atoms with Gasteiger partial charge in [-0.3, -0.25) is 9.69 Å². The number of aliphatic carboxylic acids is 2. The minimum absolute atomic E-state index is 0.00685. The number of thiocarbonyl (C=S) groups is 1. The smallest absolute Gasteiger partial charge is 0.327 e. The Morgan fingerprint density at radius 1 is 1.45 bits per heavy atom. The van der Waals surface area contributed by atoms with Gasteiger partial charge in [0.1, 0.15) is 10.4 Å². The number of H-pyrrole nitrogens is 1. The van der Waals surface area contributed by atoms with Crippen molar-refractivity contribution in [3.05, 3.63) is 35.0 Å². The second-order valence-electron chi connectivity index (χ2n) is 4.32. The zero-order valence-corrected chi connectivity index (χ0v) is 12.6. The molecule has 7 nitrogen and oxygen atoms in total. The molecule has 0 aliphatic carbocycles. The van der Waals surface area contributed by atoms with Crippen molar-refractivity contribution >= 4 is 52.2 Å². The molecule has 1 aliphatic rings. The average Bonchev–Trinajstić information content (AvgIpc) is 2.72. The van der Waals surface area contributed by atoms with Crippen LogP contribution in [0.1, 0.15) is 12.0 Å². The molecule has 2 rings (SSSR count). The number of hydrogen-bond acceptors (Lipinski definition) is 6. The van der Waals surface area contributed by atoms with Crippen molar-refractivity contribution in [2.75, 3.05) is 0 Å². The Morgan fingerprint density at radius 3 is 2.64 bits per heavy atom. The van der Waals surface area contributed by atoms with Gasteiger partial charge in [-0.05, 0) is 11.6 Å². The second kappa shape index (κ2) is 6.67. The van der Waals surface area contributed by atoms with Crippen molar-refractivity contribution in [3.63, 3.8) is 0 Å². The first-order valence-corrected chi connectivity index (χ1v) is 7.28. The molecule has 1 aliphatic heterocycles. The quantitative estimate of drug-likeness (QED) is 0.558. The molecule has 22 heavy (non-hydrogen) atoms. The van der Waals surface area contributed by atoms with Gasteiger partial charge >= 0.3 is 5.97 Å². The van der Waals surface area contributed by atoms with Crippen LogP contribution in [0.3, 0.4) is 0 Å². The van der Waals surface area contributed by atoms with Gasteiger partial charge in [-0.2, -0.15) is 0 Å². The lowest BCUT2D eigenvalue weighted by Crippen LogP contribution is -2.47. The summed E-state index contributed by atoms with van der Waals surface area (Å²) in [6.45, 7) is 0. The molecule has 0 radical (unpaired) electrons. The fourth-order valence-corrected chi connectivity index (χ4v) is 3.20. The Balaban J connectivity index is 2.30. The first kappa shape index (κ1) is 16.1. The number of aromatic nitrogens is 1. The Kier molecular flexibility index (Phi) is 4.88. The first-order chi connectivity index (χ1) is 10.4. The normalized spacial score (nSPS) is 17.8. The van der Waals surface area contributed by atoms with Crippen LogP contribution < -0.4 is 10.1 Å². The van der Waals surface area contributed by atoms with Crippen LogP contribution in [-0.4, -0.2) is 38.2 Å². The Morgan fingerprint density at radius 2 is 2.09 bits per heavy atom. The third-order valence-corrected chi connectivity index (χ3v) is 4.15. The Labute approximate surface area is 134 Å². The van der Waals surface area contributed by atoms with E-state index in [0.717, 1.165) is 22.2 Å². The summed E-state index contributed by atoms with van der Waals surface area (Å²) in [4.78, 5) is 38.1. The summed E-state index contributed by atoms with van der Waals surface area (Å²) in [6.07, 6.45) is 4.08. The number of carboxylic acids is 2. The average molecular weight is 338 g/mol. The molecule has 2 heterocycles. The number of carbonyl (C=O) groups is 3. The highest BCUT2D eigenvalue weighted by atomic mass is 32.2. The highest BCUT2D eigenvalue weighted by molar-refractivity contribution is 8.26. The standard InChI is InChI=1S/C13H10N2O5S2/c16-10(17)6-8(12(19)20)15-11(18)9(22-13(15)21)5-7-1-3-14-4-2-7/h1-5,8H,6H2,(H,16,17)(H,19,20)/b9-5-. The van der Waals surface area contributed by atoms with Gasteiger partial charge in [-0.15, -0.1) is 0 Å². The van der Waals surface area contributed by atoms with Crippen LogP contribution >= 0.6 is 24.0 Å². The molecule has 1 unspecified atom stereocenters. The van der Waals surface area contributed by atoms with Crippen LogP contribution in [0.15, 0.2) is 29.4 Å². The summed E-state index contributed by atoms with van der Waals surface area (Å²) < 4.78 is 0.00685. The number of rotatable bonds is 5. The van der Waals surface area contributed by atoms with E-state index in [-0.39, 0.29) is 9.23 Å². The molecule has 1 atom stereocenters. The van der Waals surface area contributed by atoms with Gasteiger partial charge in [0.05, 0.1) is 4.91 Å². The molecule has 1 amide bonds. The third kappa shape index (κ3) is 3.49. The number of aromatic amines is 1. The van der Waals surface area contributed by atoms with Gasteiger partial charge in [0.2, 0.25) is 0 Å². The van der Waals surface area contributed by atoms with E-state index in [1.54, 1.807) is 30.6 Å². The Hall–Kier alpha value is -2.26. The zero-order chi connectivity index (χ0) is 16.3. The van der Waals surface area contributed by atoms with Crippen molar-refractivity contribution in [3.8, 4) is 0 Å². The number of hydrogen-bond donors (Lipinski definition) is 1. The van der Waals surface area contributed by atoms with Gasteiger partial charge < -0.3 is 15.0 Å². The number of nitrogens with zero attached hydrogens (tertiary/aromatic N) is 1. The summed E-state index contributed by atoms with van der Waals surface area (Å²) >= 11 is 5.94. The molecule has 0 bridgehead atoms. The highest BCUT2D eigenvalue weighted by Crippen LogP contribution is 2.34. The number of nitrogens with one attached hydrogen (secondary N) is 1. The fourth-order valence-electron chi connectivity index (χ4n) is 1.84. The molecule has 114 valence electrons. The second-order valence-corrected chi connectivity index (χ2v) is 5.99. The lowest BCUT2D eigenvalue weighted by atomic mass is 10.1. The van der Waals surface area contributed by atoms with E-state index in [0.29, 0.717) is 0 Å². The fraction of sp³-hybridized carbons (Fsp3) is 0.154. The molecule has 1 aromatic rings. The van der Waals surface area contributed by atoms with Gasteiger partial charge in [0.25, 0.3) is 5.91 Å². The van der Waals surface area contributed by atoms with Crippen LogP contribution in [0, 0.1) is 0 Å². The maximum atomic E-state index is 12.3. The lowest BCUT2D eigenvalue weighted by Gasteiger charge is -2.23. The summed E-state index contributed by atoms with van der Waals surface area (Å²) in [7, 11) is 0. The monoisotopic (exact) mass is 338 g/mol. The van der Waals surface area contributed by atoms with Crippen LogP contribution in [0.25, 0.3) is 6.08 Å². The number of thioether (sulfide) groups is 1. The van der Waals surface area contributed by atoms with E-state index in [1.165, 1.54) is 0 Å². The number of amides is 1. The summed E-state index contributed by atoms with van der Waals surface area (Å²) in [5.74, 6) is -3.64. The van der Waals surface area contributed by atoms with Crippen LogP contribution in [0.5, 0.6) is 0 Å². The highest BCUT2D eigenvalue weighted by Gasteiger charge is 2.40. The van der Waals surface area contributed by atoms with E-state index in [2.05, 4.69) is 4.98 Å². The molecular formula is C13H10N2O5S2. The molecule has 0 spiro atoms. The lowest BCUT2D eigenvalue weighted by molar-refractivity contribution is -0.378. The van der Waals surface area contributed by atoms with E-state index in [1.807, 2.05) is 0 Å². The number of carbonyl (C=O) groups excluding carboxylic acids is 2. The molecule has 1 aromatic heterocycles. The minimum Gasteiger partial charge on any atom is -0.550 e. The number of pyridine rings is 1. The molecule has 1 saturated heterocycles. The molecular weight excluding hydrogens is 328 g/mol. The maximum absolute atomic E-state index is 12.3. The molecule has 0 aromatic carbocycles. The summed E-state index contributed by atoms with van der Waals surface area (Å²) in [5, 5.41) is 19.8. The first-order valence-electron chi connectivity index (χ1n) is 6.06. The molecule has 2 N–H and O–H groups in total. The summed E-state index contributed by atoms with van der Waals surface area (Å²) in [6, 6.07) is 1.87. The van der Waals surface area contributed by atoms with Crippen molar-refractivity contribution in [1.82, 2.24) is 4.90 Å².